The maximum absolute atomic E-state index is 13.5. The number of ketones is 1. The molecule has 0 saturated heterocycles. The van der Waals surface area contributed by atoms with Crippen LogP contribution in [0.5, 0.6) is 6.01 Å². The molecule has 3 atom stereocenters. The van der Waals surface area contributed by atoms with Crippen molar-refractivity contribution in [1.82, 2.24) is 25.6 Å². The molecular weight excluding hydrogens is 762 g/mol. The summed E-state index contributed by atoms with van der Waals surface area (Å²) in [6, 6.07) is 17.0. The Balaban J connectivity index is 1.01. The lowest BCUT2D eigenvalue weighted by Gasteiger charge is -2.19. The van der Waals surface area contributed by atoms with E-state index in [0.29, 0.717) is 30.0 Å². The summed E-state index contributed by atoms with van der Waals surface area (Å²) in [6.07, 6.45) is -2.20. The van der Waals surface area contributed by atoms with Crippen LogP contribution >= 0.6 is 11.6 Å². The number of aliphatic carboxylic acids is 1. The fourth-order valence-corrected chi connectivity index (χ4v) is 6.30. The van der Waals surface area contributed by atoms with Crippen molar-refractivity contribution in [3.63, 3.8) is 0 Å². The molecule has 5 N–H and O–H groups in total. The highest BCUT2D eigenvalue weighted by Gasteiger charge is 2.45. The lowest BCUT2D eigenvalue weighted by Crippen LogP contribution is -2.43. The third-order valence-corrected chi connectivity index (χ3v) is 9.65. The van der Waals surface area contributed by atoms with Gasteiger partial charge >= 0.3 is 18.2 Å². The maximum atomic E-state index is 13.5. The Morgan fingerprint density at radius 3 is 2.34 bits per heavy atom. The number of carbonyl (C=O) groups excluding carboxylic acids is 3. The molecule has 2 unspecified atom stereocenters. The summed E-state index contributed by atoms with van der Waals surface area (Å²) in [5.41, 5.74) is 1.57. The SMILES string of the molecule is O=C(CCC1CC1c1cccc(F)c1)C(=O)NCC[C@H](NC(=O)c1ccc(Nc2nc(NC3(c4ccc(Cl)cc4)CC3)nc(OCC(F)(F)F)n2)cc1)C(=O)O. The van der Waals surface area contributed by atoms with Crippen molar-refractivity contribution in [2.45, 2.75) is 62.2 Å². The summed E-state index contributed by atoms with van der Waals surface area (Å²) in [5, 5.41) is 21.0. The van der Waals surface area contributed by atoms with Gasteiger partial charge in [-0.05, 0) is 104 Å². The van der Waals surface area contributed by atoms with Gasteiger partial charge in [-0.25, -0.2) is 9.18 Å². The number of aromatic nitrogens is 3. The van der Waals surface area contributed by atoms with Gasteiger partial charge in [-0.15, -0.1) is 0 Å². The molecule has 13 nitrogen and oxygen atoms in total. The molecule has 1 aromatic heterocycles. The predicted octanol–water partition coefficient (Wildman–Crippen LogP) is 6.29. The molecule has 2 aliphatic rings. The van der Waals surface area contributed by atoms with E-state index in [1.165, 1.54) is 36.4 Å². The number of anilines is 3. The minimum atomic E-state index is -4.65. The van der Waals surface area contributed by atoms with Gasteiger partial charge in [0.25, 0.3) is 11.8 Å². The van der Waals surface area contributed by atoms with Crippen LogP contribution in [-0.2, 0) is 19.9 Å². The smallest absolute Gasteiger partial charge is 0.422 e. The fraction of sp³-hybridized carbons (Fsp3) is 0.342. The summed E-state index contributed by atoms with van der Waals surface area (Å²) in [6.45, 7) is -1.83. The van der Waals surface area contributed by atoms with Crippen molar-refractivity contribution in [3.05, 3.63) is 100 Å². The van der Waals surface area contributed by atoms with Gasteiger partial charge in [-0.2, -0.15) is 28.1 Å². The molecule has 294 valence electrons. The van der Waals surface area contributed by atoms with Gasteiger partial charge in [-0.1, -0.05) is 35.9 Å². The van der Waals surface area contributed by atoms with Gasteiger partial charge in [-0.3, -0.25) is 14.4 Å². The number of hydrogen-bond donors (Lipinski definition) is 5. The number of carbonyl (C=O) groups is 4. The van der Waals surface area contributed by atoms with E-state index < -0.39 is 53.9 Å². The molecule has 6 rings (SSSR count). The third kappa shape index (κ3) is 10.9. The van der Waals surface area contributed by atoms with Crippen LogP contribution in [0.25, 0.3) is 0 Å². The Hall–Kier alpha value is -5.84. The summed E-state index contributed by atoms with van der Waals surface area (Å²) in [5.74, 6) is -3.83. The second-order valence-corrected chi connectivity index (χ2v) is 14.0. The van der Waals surface area contributed by atoms with Crippen LogP contribution in [0.4, 0.5) is 35.1 Å². The van der Waals surface area contributed by atoms with Crippen molar-refractivity contribution in [2.24, 2.45) is 5.92 Å². The molecule has 2 amide bonds. The molecule has 0 bridgehead atoms. The Bertz CT molecular complexity index is 2080. The van der Waals surface area contributed by atoms with Crippen LogP contribution in [0.15, 0.2) is 72.8 Å². The van der Waals surface area contributed by atoms with E-state index >= 15 is 0 Å². The van der Waals surface area contributed by atoms with Crippen molar-refractivity contribution < 1.29 is 46.6 Å². The van der Waals surface area contributed by atoms with Gasteiger partial charge in [0.2, 0.25) is 17.7 Å². The molecule has 0 radical (unpaired) electrons. The molecule has 1 heterocycles. The maximum Gasteiger partial charge on any atom is 0.422 e. The molecular formula is C38H36ClF4N7O6. The normalized spacial score (nSPS) is 17.2. The average molecular weight is 798 g/mol. The first-order valence-corrected chi connectivity index (χ1v) is 18.0. The highest BCUT2D eigenvalue weighted by Crippen LogP contribution is 2.50. The predicted molar refractivity (Wildman–Crippen MR) is 195 cm³/mol. The summed E-state index contributed by atoms with van der Waals surface area (Å²) in [4.78, 5) is 61.8. The Morgan fingerprint density at radius 1 is 0.964 bits per heavy atom. The van der Waals surface area contributed by atoms with E-state index in [2.05, 4.69) is 36.2 Å². The highest BCUT2D eigenvalue weighted by atomic mass is 35.5. The average Bonchev–Trinajstić information content (AvgIpc) is 4.09. The number of nitrogens with zero attached hydrogens (tertiary/aromatic N) is 3. The third-order valence-electron chi connectivity index (χ3n) is 9.40. The summed E-state index contributed by atoms with van der Waals surface area (Å²) in [7, 11) is 0. The number of hydrogen-bond acceptors (Lipinski definition) is 10. The topological polar surface area (TPSA) is 185 Å². The van der Waals surface area contributed by atoms with Crippen molar-refractivity contribution in [3.8, 4) is 6.01 Å². The molecule has 0 aliphatic heterocycles. The molecule has 2 fully saturated rings. The van der Waals surface area contributed by atoms with Crippen LogP contribution in [-0.4, -0.2) is 69.0 Å². The number of halogens is 5. The van der Waals surface area contributed by atoms with Crippen LogP contribution < -0.4 is 26.0 Å². The van der Waals surface area contributed by atoms with Crippen molar-refractivity contribution >= 4 is 52.8 Å². The zero-order chi connectivity index (χ0) is 40.0. The van der Waals surface area contributed by atoms with Crippen LogP contribution in [0.1, 0.15) is 65.9 Å². The van der Waals surface area contributed by atoms with Crippen LogP contribution in [0.3, 0.4) is 0 Å². The second-order valence-electron chi connectivity index (χ2n) is 13.6. The van der Waals surface area contributed by atoms with Gasteiger partial charge in [0.05, 0.1) is 5.54 Å². The molecule has 2 aliphatic carbocycles. The molecule has 3 aromatic carbocycles. The minimum Gasteiger partial charge on any atom is -0.480 e. The number of nitrogens with one attached hydrogen (secondary N) is 4. The molecule has 0 spiro atoms. The standard InChI is InChI=1S/C38H36ClF4N7O6/c39-25-9-7-24(8-10-25)37(15-16-37)50-35-47-34(48-36(49-35)56-20-38(41,42)43)45-27-11-4-21(5-12-27)31(52)46-29(33(54)55)14-17-44-32(53)30(51)13-6-23-19-28(23)22-2-1-3-26(40)18-22/h1-5,7-12,18,23,28-29H,6,13-17,19-20H2,(H,44,53)(H,46,52)(H,54,55)(H2,45,47,48,49,50)/t23?,28?,29-/m0/s1. The van der Waals surface area contributed by atoms with Gasteiger partial charge in [0.1, 0.15) is 11.9 Å². The number of Topliss-reactive ketones (excluding diaryl/α,β-unsaturated/α-hetero) is 1. The van der Waals surface area contributed by atoms with E-state index in [4.69, 9.17) is 16.3 Å². The first kappa shape index (κ1) is 39.8. The minimum absolute atomic E-state index is 0.00434. The lowest BCUT2D eigenvalue weighted by molar-refractivity contribution is -0.154. The highest BCUT2D eigenvalue weighted by molar-refractivity contribution is 6.36. The Kier molecular flexibility index (Phi) is 12.0. The summed E-state index contributed by atoms with van der Waals surface area (Å²) < 4.78 is 57.1. The zero-order valence-electron chi connectivity index (χ0n) is 29.5. The first-order chi connectivity index (χ1) is 26.7. The molecule has 56 heavy (non-hydrogen) atoms. The van der Waals surface area contributed by atoms with Gasteiger partial charge < -0.3 is 31.1 Å². The van der Waals surface area contributed by atoms with Crippen LogP contribution in [0, 0.1) is 11.7 Å². The number of ether oxygens (including phenoxy) is 1. The number of carboxylic acid groups (broad SMARTS) is 1. The number of carboxylic acids is 1. The number of benzene rings is 3. The Morgan fingerprint density at radius 2 is 1.68 bits per heavy atom. The van der Waals surface area contributed by atoms with E-state index in [1.807, 2.05) is 18.2 Å². The van der Waals surface area contributed by atoms with E-state index in [0.717, 1.165) is 17.5 Å². The quantitative estimate of drug-likeness (QED) is 0.0563. The number of rotatable bonds is 18. The van der Waals surface area contributed by atoms with Crippen LogP contribution in [0.2, 0.25) is 5.02 Å². The largest absolute Gasteiger partial charge is 0.480 e. The number of alkyl halides is 3. The van der Waals surface area contributed by atoms with E-state index in [-0.39, 0.29) is 54.5 Å². The Labute approximate surface area is 322 Å². The van der Waals surface area contributed by atoms with E-state index in [1.54, 1.807) is 18.2 Å². The van der Waals surface area contributed by atoms with Crippen molar-refractivity contribution in [2.75, 3.05) is 23.8 Å². The molecule has 2 saturated carbocycles. The first-order valence-electron chi connectivity index (χ1n) is 17.6. The number of amides is 2. The zero-order valence-corrected chi connectivity index (χ0v) is 30.3. The van der Waals surface area contributed by atoms with E-state index in [9.17, 15) is 41.8 Å². The summed E-state index contributed by atoms with van der Waals surface area (Å²) >= 11 is 6.02. The molecule has 18 heteroatoms. The second kappa shape index (κ2) is 16.9. The monoisotopic (exact) mass is 797 g/mol. The van der Waals surface area contributed by atoms with Crippen molar-refractivity contribution in [1.29, 1.82) is 0 Å². The van der Waals surface area contributed by atoms with Gasteiger partial charge in [0.15, 0.2) is 6.61 Å². The molecule has 4 aromatic rings. The fourth-order valence-electron chi connectivity index (χ4n) is 6.18. The lowest BCUT2D eigenvalue weighted by atomic mass is 10.1. The van der Waals surface area contributed by atoms with Gasteiger partial charge in [0, 0.05) is 29.2 Å².